The molecule has 0 aliphatic heterocycles. The zero-order valence-electron chi connectivity index (χ0n) is 13.6. The van der Waals surface area contributed by atoms with Crippen LogP contribution in [0.1, 0.15) is 0 Å². The number of ether oxygens (including phenoxy) is 1. The molecule has 1 N–H and O–H groups in total. The van der Waals surface area contributed by atoms with Crippen LogP contribution in [0.15, 0.2) is 69.8 Å². The average Bonchev–Trinajstić information content (AvgIpc) is 3.01. The van der Waals surface area contributed by atoms with Crippen molar-refractivity contribution in [3.63, 3.8) is 0 Å². The number of nitrogens with one attached hydrogen (secondary N) is 1. The van der Waals surface area contributed by atoms with Crippen molar-refractivity contribution in [2.75, 3.05) is 11.8 Å². The van der Waals surface area contributed by atoms with Crippen LogP contribution >= 0.6 is 11.8 Å². The predicted molar refractivity (Wildman–Crippen MR) is 95.4 cm³/mol. The lowest BCUT2D eigenvalue weighted by atomic mass is 10.3. The summed E-state index contributed by atoms with van der Waals surface area (Å²) in [7, 11) is -0.256. The lowest BCUT2D eigenvalue weighted by Gasteiger charge is -2.09. The van der Waals surface area contributed by atoms with Gasteiger partial charge in [-0.2, -0.15) is 0 Å². The second-order valence-corrected chi connectivity index (χ2v) is 7.85. The summed E-state index contributed by atoms with van der Waals surface area (Å²) in [6.07, 6.45) is 1.62. The van der Waals surface area contributed by atoms with E-state index in [1.165, 1.54) is 31.0 Å². The molecule has 0 aliphatic rings. The first-order chi connectivity index (χ1) is 12.0. The first-order valence-electron chi connectivity index (χ1n) is 7.27. The fraction of sp³-hybridized carbons (Fsp3) is 0.125. The highest BCUT2D eigenvalue weighted by Gasteiger charge is 2.14. The van der Waals surface area contributed by atoms with Crippen molar-refractivity contribution in [1.29, 1.82) is 0 Å². The molecule has 2 aromatic carbocycles. The largest absolute Gasteiger partial charge is 0.497 e. The molecule has 0 amide bonds. The molecular formula is C16H16N4O3S2. The molecule has 9 heteroatoms. The van der Waals surface area contributed by atoms with Gasteiger partial charge in [0.05, 0.1) is 12.0 Å². The molecule has 3 rings (SSSR count). The molecule has 7 nitrogen and oxygen atoms in total. The van der Waals surface area contributed by atoms with Gasteiger partial charge in [-0.05, 0) is 60.3 Å². The molecule has 0 saturated heterocycles. The van der Waals surface area contributed by atoms with Gasteiger partial charge in [-0.15, -0.1) is 10.2 Å². The van der Waals surface area contributed by atoms with Crippen LogP contribution in [-0.2, 0) is 17.1 Å². The van der Waals surface area contributed by atoms with Crippen LogP contribution in [0.2, 0.25) is 0 Å². The van der Waals surface area contributed by atoms with Gasteiger partial charge in [-0.25, -0.2) is 8.42 Å². The fourth-order valence-corrected chi connectivity index (χ4v) is 3.85. The maximum atomic E-state index is 12.4. The minimum Gasteiger partial charge on any atom is -0.497 e. The number of benzene rings is 2. The maximum absolute atomic E-state index is 12.4. The molecule has 25 heavy (non-hydrogen) atoms. The Morgan fingerprint density at radius 1 is 1.08 bits per heavy atom. The van der Waals surface area contributed by atoms with Crippen LogP contribution in [0, 0.1) is 0 Å². The number of anilines is 1. The van der Waals surface area contributed by atoms with Crippen molar-refractivity contribution in [3.05, 3.63) is 54.9 Å². The lowest BCUT2D eigenvalue weighted by Crippen LogP contribution is -2.12. The van der Waals surface area contributed by atoms with E-state index in [0.717, 1.165) is 10.1 Å². The topological polar surface area (TPSA) is 86.1 Å². The Bertz CT molecular complexity index is 952. The number of aromatic nitrogens is 3. The zero-order valence-corrected chi connectivity index (χ0v) is 15.2. The van der Waals surface area contributed by atoms with Gasteiger partial charge in [0.2, 0.25) is 0 Å². The molecule has 0 atom stereocenters. The van der Waals surface area contributed by atoms with Crippen molar-refractivity contribution < 1.29 is 13.2 Å². The molecule has 0 bridgehead atoms. The minimum absolute atomic E-state index is 0.172. The zero-order chi connectivity index (χ0) is 17.9. The molecule has 0 unspecified atom stereocenters. The average molecular weight is 376 g/mol. The molecule has 0 fully saturated rings. The third-order valence-corrected chi connectivity index (χ3v) is 5.81. The smallest absolute Gasteiger partial charge is 0.261 e. The van der Waals surface area contributed by atoms with Crippen molar-refractivity contribution in [1.82, 2.24) is 14.8 Å². The van der Waals surface area contributed by atoms with Crippen LogP contribution in [0.3, 0.4) is 0 Å². The summed E-state index contributed by atoms with van der Waals surface area (Å²) in [5, 5.41) is 8.58. The SMILES string of the molecule is COc1ccc(S(=O)(=O)Nc2ccc(Sc3nncn3C)cc2)cc1. The van der Waals surface area contributed by atoms with E-state index in [2.05, 4.69) is 14.9 Å². The Kier molecular flexibility index (Phi) is 4.95. The molecule has 1 heterocycles. The summed E-state index contributed by atoms with van der Waals surface area (Å²) in [4.78, 5) is 1.11. The first-order valence-corrected chi connectivity index (χ1v) is 9.57. The Labute approximate surface area is 150 Å². The number of aryl methyl sites for hydroxylation is 1. The van der Waals surface area contributed by atoms with Gasteiger partial charge in [-0.3, -0.25) is 4.72 Å². The van der Waals surface area contributed by atoms with E-state index in [0.29, 0.717) is 11.4 Å². The molecule has 130 valence electrons. The number of sulfonamides is 1. The van der Waals surface area contributed by atoms with Crippen LogP contribution in [0.25, 0.3) is 0 Å². The summed E-state index contributed by atoms with van der Waals surface area (Å²) >= 11 is 1.45. The summed E-state index contributed by atoms with van der Waals surface area (Å²) in [5.74, 6) is 0.601. The number of rotatable bonds is 6. The van der Waals surface area contributed by atoms with Crippen molar-refractivity contribution >= 4 is 27.5 Å². The van der Waals surface area contributed by atoms with Crippen LogP contribution < -0.4 is 9.46 Å². The van der Waals surface area contributed by atoms with Gasteiger partial charge in [0.1, 0.15) is 12.1 Å². The molecule has 1 aromatic heterocycles. The highest BCUT2D eigenvalue weighted by Crippen LogP contribution is 2.27. The normalized spacial score (nSPS) is 11.3. The predicted octanol–water partition coefficient (Wildman–Crippen LogP) is 2.78. The summed E-state index contributed by atoms with van der Waals surface area (Å²) in [6, 6.07) is 13.3. The Morgan fingerprint density at radius 2 is 1.76 bits per heavy atom. The van der Waals surface area contributed by atoms with Gasteiger partial charge in [0, 0.05) is 17.6 Å². The van der Waals surface area contributed by atoms with Gasteiger partial charge >= 0.3 is 0 Å². The highest BCUT2D eigenvalue weighted by atomic mass is 32.2. The standard InChI is InChI=1S/C16H16N4O3S2/c1-20-11-17-18-16(20)24-14-7-3-12(4-8-14)19-25(21,22)15-9-5-13(23-2)6-10-15/h3-11,19H,1-2H3. The molecule has 0 radical (unpaired) electrons. The van der Waals surface area contributed by atoms with E-state index in [9.17, 15) is 8.42 Å². The van der Waals surface area contributed by atoms with Crippen molar-refractivity contribution in [2.45, 2.75) is 14.9 Å². The molecule has 0 aliphatic carbocycles. The molecule has 0 spiro atoms. The van der Waals surface area contributed by atoms with E-state index in [4.69, 9.17) is 4.74 Å². The highest BCUT2D eigenvalue weighted by molar-refractivity contribution is 7.99. The van der Waals surface area contributed by atoms with Crippen molar-refractivity contribution in [3.8, 4) is 5.75 Å². The van der Waals surface area contributed by atoms with Crippen LogP contribution in [0.4, 0.5) is 5.69 Å². The summed E-state index contributed by atoms with van der Waals surface area (Å²) < 4.78 is 34.2. The van der Waals surface area contributed by atoms with E-state index in [-0.39, 0.29) is 4.90 Å². The third-order valence-electron chi connectivity index (χ3n) is 3.36. The summed E-state index contributed by atoms with van der Waals surface area (Å²) in [6.45, 7) is 0. The van der Waals surface area contributed by atoms with E-state index >= 15 is 0 Å². The van der Waals surface area contributed by atoms with E-state index < -0.39 is 10.0 Å². The van der Waals surface area contributed by atoms with Crippen molar-refractivity contribution in [2.24, 2.45) is 7.05 Å². The Balaban J connectivity index is 1.72. The van der Waals surface area contributed by atoms with Crippen LogP contribution in [0.5, 0.6) is 5.75 Å². The monoisotopic (exact) mass is 376 g/mol. The van der Waals surface area contributed by atoms with Crippen LogP contribution in [-0.4, -0.2) is 30.3 Å². The molecular weight excluding hydrogens is 360 g/mol. The minimum atomic E-state index is -3.65. The van der Waals surface area contributed by atoms with Gasteiger partial charge < -0.3 is 9.30 Å². The first kappa shape index (κ1) is 17.3. The Hall–Kier alpha value is -2.52. The lowest BCUT2D eigenvalue weighted by molar-refractivity contribution is 0.414. The number of nitrogens with zero attached hydrogens (tertiary/aromatic N) is 3. The second-order valence-electron chi connectivity index (χ2n) is 5.13. The number of hydrogen-bond acceptors (Lipinski definition) is 6. The fourth-order valence-electron chi connectivity index (χ4n) is 2.03. The number of methoxy groups -OCH3 is 1. The van der Waals surface area contributed by atoms with Gasteiger partial charge in [0.25, 0.3) is 10.0 Å². The van der Waals surface area contributed by atoms with E-state index in [1.807, 2.05) is 23.7 Å². The van der Waals surface area contributed by atoms with Gasteiger partial charge in [0.15, 0.2) is 5.16 Å². The second kappa shape index (κ2) is 7.16. The Morgan fingerprint density at radius 3 is 2.32 bits per heavy atom. The maximum Gasteiger partial charge on any atom is 0.261 e. The number of hydrogen-bond donors (Lipinski definition) is 1. The quantitative estimate of drug-likeness (QED) is 0.712. The molecule has 0 saturated carbocycles. The van der Waals surface area contributed by atoms with Gasteiger partial charge in [-0.1, -0.05) is 0 Å². The third kappa shape index (κ3) is 4.12. The molecule has 3 aromatic rings. The van der Waals surface area contributed by atoms with E-state index in [1.54, 1.807) is 30.6 Å². The summed E-state index contributed by atoms with van der Waals surface area (Å²) in [5.41, 5.74) is 0.484.